The van der Waals surface area contributed by atoms with Gasteiger partial charge in [0.15, 0.2) is 0 Å². The first-order valence-electron chi connectivity index (χ1n) is 13.9. The largest absolute Gasteiger partial charge is 0.447 e. The smallest absolute Gasteiger partial charge is 0.417 e. The van der Waals surface area contributed by atoms with Crippen LogP contribution in [0.2, 0.25) is 0 Å². The molecule has 3 aromatic carbocycles. The van der Waals surface area contributed by atoms with Crippen molar-refractivity contribution in [3.8, 4) is 0 Å². The van der Waals surface area contributed by atoms with E-state index in [0.717, 1.165) is 20.9 Å². The number of amides is 4. The zero-order valence-corrected chi connectivity index (χ0v) is 23.0. The normalized spacial score (nSPS) is 18.6. The van der Waals surface area contributed by atoms with E-state index in [1.165, 1.54) is 12.1 Å². The third kappa shape index (κ3) is 6.91. The number of hydrogen-bond acceptors (Lipinski definition) is 6. The Balaban J connectivity index is 1.32. The second-order valence-corrected chi connectivity index (χ2v) is 10.4. The molecule has 8 nitrogen and oxygen atoms in total. The summed E-state index contributed by atoms with van der Waals surface area (Å²) < 4.78 is 24.4. The lowest BCUT2D eigenvalue weighted by Crippen LogP contribution is -2.41. The first-order chi connectivity index (χ1) is 20.4. The fraction of sp³-hybridized carbons (Fsp3) is 0.273. The van der Waals surface area contributed by atoms with Gasteiger partial charge in [0.05, 0.1) is 12.1 Å². The molecule has 0 radical (unpaired) electrons. The van der Waals surface area contributed by atoms with E-state index in [4.69, 9.17) is 9.47 Å². The van der Waals surface area contributed by atoms with Gasteiger partial charge in [0.2, 0.25) is 5.91 Å². The molecule has 9 heteroatoms. The molecule has 0 aliphatic carbocycles. The third-order valence-corrected chi connectivity index (χ3v) is 7.35. The van der Waals surface area contributed by atoms with E-state index >= 15 is 0 Å². The van der Waals surface area contributed by atoms with Crippen LogP contribution in [0.5, 0.6) is 0 Å². The number of imide groups is 2. The molecule has 0 aromatic heterocycles. The molecule has 0 spiro atoms. The van der Waals surface area contributed by atoms with Crippen LogP contribution in [0, 0.1) is 5.82 Å². The van der Waals surface area contributed by atoms with Gasteiger partial charge in [-0.2, -0.15) is 0 Å². The van der Waals surface area contributed by atoms with Crippen molar-refractivity contribution in [1.82, 2.24) is 9.80 Å². The molecule has 2 fully saturated rings. The van der Waals surface area contributed by atoms with Crippen LogP contribution in [0.3, 0.4) is 0 Å². The van der Waals surface area contributed by atoms with Crippen molar-refractivity contribution >= 4 is 24.0 Å². The van der Waals surface area contributed by atoms with E-state index in [1.807, 2.05) is 60.7 Å². The Bertz CT molecular complexity index is 1480. The fourth-order valence-electron chi connectivity index (χ4n) is 5.30. The van der Waals surface area contributed by atoms with E-state index in [-0.39, 0.29) is 38.0 Å². The quantitative estimate of drug-likeness (QED) is 0.309. The highest BCUT2D eigenvalue weighted by Crippen LogP contribution is 2.24. The topological polar surface area (TPSA) is 93.2 Å². The highest BCUT2D eigenvalue weighted by atomic mass is 19.1. The number of nitrogens with zero attached hydrogens (tertiary/aromatic N) is 2. The van der Waals surface area contributed by atoms with Gasteiger partial charge in [0.1, 0.15) is 19.0 Å². The number of benzene rings is 3. The molecule has 216 valence electrons. The third-order valence-electron chi connectivity index (χ3n) is 7.35. The molecule has 5 rings (SSSR count). The number of allylic oxidation sites excluding steroid dienone is 1. The molecular formula is C33H31FN2O6. The van der Waals surface area contributed by atoms with E-state index in [1.54, 1.807) is 18.2 Å². The Morgan fingerprint density at radius 3 is 1.90 bits per heavy atom. The van der Waals surface area contributed by atoms with Crippen LogP contribution in [-0.4, -0.2) is 59.1 Å². The second kappa shape index (κ2) is 13.2. The Morgan fingerprint density at radius 1 is 0.762 bits per heavy atom. The van der Waals surface area contributed by atoms with E-state index in [2.05, 4.69) is 0 Å². The zero-order chi connectivity index (χ0) is 29.5. The Labute approximate surface area is 243 Å². The SMILES string of the molecule is O=C(CC/C=C(\Cc1cccc(F)c1)C(=O)N1C(=O)OCC1Cc1ccccc1)N1C(=O)OCC1Cc1ccccc1. The maximum absolute atomic E-state index is 14.0. The number of carbonyl (C=O) groups is 4. The second-order valence-electron chi connectivity index (χ2n) is 10.4. The minimum absolute atomic E-state index is 0.0506. The minimum Gasteiger partial charge on any atom is -0.447 e. The summed E-state index contributed by atoms with van der Waals surface area (Å²) in [7, 11) is 0. The van der Waals surface area contributed by atoms with Crippen molar-refractivity contribution in [1.29, 1.82) is 0 Å². The first-order valence-corrected chi connectivity index (χ1v) is 13.9. The minimum atomic E-state index is -0.745. The average Bonchev–Trinajstić information content (AvgIpc) is 3.54. The van der Waals surface area contributed by atoms with Gasteiger partial charge in [-0.1, -0.05) is 78.9 Å². The van der Waals surface area contributed by atoms with Gasteiger partial charge < -0.3 is 9.47 Å². The van der Waals surface area contributed by atoms with Crippen LogP contribution < -0.4 is 0 Å². The molecular weight excluding hydrogens is 539 g/mol. The maximum Gasteiger partial charge on any atom is 0.417 e. The highest BCUT2D eigenvalue weighted by molar-refractivity contribution is 6.03. The number of carbonyl (C=O) groups excluding carboxylic acids is 4. The standard InChI is InChI=1S/C33H31FN2O6/c34-27-15-7-13-25(18-27)17-26(31(38)36-29(22-42-33(36)40)20-24-11-5-2-6-12-24)14-8-16-30(37)35-28(21-41-32(35)39)19-23-9-3-1-4-10-23/h1-7,9-15,18,28-29H,8,16-17,19-22H2/b26-14+. The Hall–Kier alpha value is -4.79. The summed E-state index contributed by atoms with van der Waals surface area (Å²) in [4.78, 5) is 54.3. The lowest BCUT2D eigenvalue weighted by atomic mass is 10.00. The molecule has 2 aliphatic heterocycles. The predicted octanol–water partition coefficient (Wildman–Crippen LogP) is 5.26. The van der Waals surface area contributed by atoms with Gasteiger partial charge in [0.25, 0.3) is 5.91 Å². The molecule has 4 amide bonds. The summed E-state index contributed by atoms with van der Waals surface area (Å²) in [5, 5.41) is 0. The van der Waals surface area contributed by atoms with Gasteiger partial charge in [-0.3, -0.25) is 9.59 Å². The van der Waals surface area contributed by atoms with E-state index < -0.39 is 41.9 Å². The first kappa shape index (κ1) is 28.7. The lowest BCUT2D eigenvalue weighted by molar-refractivity contribution is -0.129. The molecule has 0 N–H and O–H groups in total. The molecule has 42 heavy (non-hydrogen) atoms. The van der Waals surface area contributed by atoms with Crippen molar-refractivity contribution in [2.75, 3.05) is 13.2 Å². The van der Waals surface area contributed by atoms with Crippen molar-refractivity contribution in [2.45, 2.75) is 44.2 Å². The zero-order valence-electron chi connectivity index (χ0n) is 23.0. The van der Waals surface area contributed by atoms with Crippen molar-refractivity contribution in [3.05, 3.63) is 119 Å². The number of halogens is 1. The average molecular weight is 571 g/mol. The van der Waals surface area contributed by atoms with Crippen molar-refractivity contribution < 1.29 is 33.0 Å². The molecule has 0 saturated carbocycles. The van der Waals surface area contributed by atoms with Crippen molar-refractivity contribution in [3.63, 3.8) is 0 Å². The van der Waals surface area contributed by atoms with Crippen LogP contribution in [0.15, 0.2) is 96.6 Å². The Morgan fingerprint density at radius 2 is 1.31 bits per heavy atom. The number of ether oxygens (including phenoxy) is 2. The van der Waals surface area contributed by atoms with Crippen LogP contribution in [-0.2, 0) is 38.3 Å². The van der Waals surface area contributed by atoms with Gasteiger partial charge in [-0.05, 0) is 48.1 Å². The number of hydrogen-bond donors (Lipinski definition) is 0. The Kier molecular flexibility index (Phi) is 9.06. The predicted molar refractivity (Wildman–Crippen MR) is 152 cm³/mol. The molecule has 3 aromatic rings. The monoisotopic (exact) mass is 570 g/mol. The summed E-state index contributed by atoms with van der Waals surface area (Å²) in [5.41, 5.74) is 2.70. The summed E-state index contributed by atoms with van der Waals surface area (Å²) in [5.74, 6) is -1.43. The molecule has 2 aliphatic rings. The lowest BCUT2D eigenvalue weighted by Gasteiger charge is -2.22. The molecule has 2 unspecified atom stereocenters. The van der Waals surface area contributed by atoms with Crippen LogP contribution >= 0.6 is 0 Å². The summed E-state index contributed by atoms with van der Waals surface area (Å²) in [6, 6.07) is 23.9. The maximum atomic E-state index is 14.0. The fourth-order valence-corrected chi connectivity index (χ4v) is 5.30. The van der Waals surface area contributed by atoms with Gasteiger partial charge >= 0.3 is 12.2 Å². The van der Waals surface area contributed by atoms with Gasteiger partial charge in [-0.25, -0.2) is 23.8 Å². The summed E-state index contributed by atoms with van der Waals surface area (Å²) in [6.07, 6.45) is 1.16. The molecule has 0 bridgehead atoms. The number of cyclic esters (lactones) is 2. The van der Waals surface area contributed by atoms with Crippen LogP contribution in [0.4, 0.5) is 14.0 Å². The highest BCUT2D eigenvalue weighted by Gasteiger charge is 2.40. The molecule has 2 heterocycles. The van der Waals surface area contributed by atoms with E-state index in [9.17, 15) is 23.6 Å². The van der Waals surface area contributed by atoms with Gasteiger partial charge in [0, 0.05) is 18.4 Å². The number of rotatable bonds is 10. The molecule has 2 atom stereocenters. The summed E-state index contributed by atoms with van der Waals surface area (Å²) in [6.45, 7) is 0.170. The van der Waals surface area contributed by atoms with Crippen LogP contribution in [0.1, 0.15) is 29.5 Å². The van der Waals surface area contributed by atoms with Gasteiger partial charge in [-0.15, -0.1) is 0 Å². The van der Waals surface area contributed by atoms with E-state index in [0.29, 0.717) is 18.4 Å². The molecule has 2 saturated heterocycles. The van der Waals surface area contributed by atoms with Crippen LogP contribution in [0.25, 0.3) is 0 Å². The van der Waals surface area contributed by atoms with Crippen molar-refractivity contribution in [2.24, 2.45) is 0 Å². The summed E-state index contributed by atoms with van der Waals surface area (Å²) >= 11 is 0.